The second-order valence-electron chi connectivity index (χ2n) is 8.60. The normalized spacial score (nSPS) is 35.8. The van der Waals surface area contributed by atoms with Crippen molar-refractivity contribution < 1.29 is 9.53 Å². The minimum atomic E-state index is 0.0629. The Kier molecular flexibility index (Phi) is 3.57. The van der Waals surface area contributed by atoms with Gasteiger partial charge in [0.2, 0.25) is 0 Å². The SMILES string of the molecule is O=C(COc1ccc2c(c1)CCC2)NC1C2CC3CC(C2)CC1C3. The van der Waals surface area contributed by atoms with Gasteiger partial charge in [0.25, 0.3) is 5.91 Å². The van der Waals surface area contributed by atoms with Crippen molar-refractivity contribution in [3.63, 3.8) is 0 Å². The molecule has 0 aliphatic heterocycles. The lowest BCUT2D eigenvalue weighted by molar-refractivity contribution is -0.127. The molecule has 1 amide bonds. The Morgan fingerprint density at radius 1 is 1.00 bits per heavy atom. The number of fused-ring (bicyclic) bond motifs is 1. The smallest absolute Gasteiger partial charge is 0.258 e. The standard InChI is InChI=1S/C21H27NO2/c23-20(12-24-19-5-4-15-2-1-3-16(15)11-19)22-21-17-7-13-6-14(9-17)10-18(21)8-13/h4-5,11,13-14,17-18,21H,1-3,6-10,12H2,(H,22,23). The van der Waals surface area contributed by atoms with Crippen LogP contribution >= 0.6 is 0 Å². The zero-order chi connectivity index (χ0) is 16.1. The molecule has 0 atom stereocenters. The van der Waals surface area contributed by atoms with Crippen molar-refractivity contribution >= 4 is 5.91 Å². The molecule has 6 rings (SSSR count). The monoisotopic (exact) mass is 325 g/mol. The number of nitrogens with one attached hydrogen (secondary N) is 1. The predicted molar refractivity (Wildman–Crippen MR) is 92.9 cm³/mol. The Bertz CT molecular complexity index is 625. The highest BCUT2D eigenvalue weighted by Gasteiger charge is 2.48. The maximum Gasteiger partial charge on any atom is 0.258 e. The second kappa shape index (κ2) is 5.79. The average Bonchev–Trinajstić information content (AvgIpc) is 3.03. The minimum Gasteiger partial charge on any atom is -0.484 e. The number of carbonyl (C=O) groups is 1. The van der Waals surface area contributed by atoms with Gasteiger partial charge in [-0.3, -0.25) is 4.79 Å². The Morgan fingerprint density at radius 3 is 2.46 bits per heavy atom. The van der Waals surface area contributed by atoms with Gasteiger partial charge < -0.3 is 10.1 Å². The molecular formula is C21H27NO2. The van der Waals surface area contributed by atoms with Gasteiger partial charge in [0.05, 0.1) is 0 Å². The third-order valence-electron chi connectivity index (χ3n) is 6.99. The molecule has 1 N–H and O–H groups in total. The summed E-state index contributed by atoms with van der Waals surface area (Å²) >= 11 is 0. The van der Waals surface area contributed by atoms with Crippen molar-refractivity contribution in [3.8, 4) is 5.75 Å². The highest BCUT2D eigenvalue weighted by atomic mass is 16.5. The van der Waals surface area contributed by atoms with Crippen molar-refractivity contribution in [1.82, 2.24) is 5.32 Å². The van der Waals surface area contributed by atoms with Crippen molar-refractivity contribution in [1.29, 1.82) is 0 Å². The number of ether oxygens (including phenoxy) is 1. The first-order chi connectivity index (χ1) is 11.7. The lowest BCUT2D eigenvalue weighted by atomic mass is 9.54. The van der Waals surface area contributed by atoms with Crippen LogP contribution in [0.3, 0.4) is 0 Å². The van der Waals surface area contributed by atoms with E-state index < -0.39 is 0 Å². The van der Waals surface area contributed by atoms with E-state index >= 15 is 0 Å². The largest absolute Gasteiger partial charge is 0.484 e. The van der Waals surface area contributed by atoms with Crippen LogP contribution in [0.25, 0.3) is 0 Å². The van der Waals surface area contributed by atoms with Crippen LogP contribution in [0.4, 0.5) is 0 Å². The van der Waals surface area contributed by atoms with Gasteiger partial charge in [-0.15, -0.1) is 0 Å². The Labute approximate surface area is 144 Å². The lowest BCUT2D eigenvalue weighted by Gasteiger charge is -2.54. The van der Waals surface area contributed by atoms with Crippen LogP contribution in [-0.4, -0.2) is 18.6 Å². The van der Waals surface area contributed by atoms with Gasteiger partial charge in [-0.05, 0) is 98.3 Å². The summed E-state index contributed by atoms with van der Waals surface area (Å²) < 4.78 is 5.77. The van der Waals surface area contributed by atoms with Crippen molar-refractivity contribution in [2.24, 2.45) is 23.7 Å². The van der Waals surface area contributed by atoms with Gasteiger partial charge in [0, 0.05) is 6.04 Å². The summed E-state index contributed by atoms with van der Waals surface area (Å²) in [4.78, 5) is 12.4. The summed E-state index contributed by atoms with van der Waals surface area (Å²) in [5.74, 6) is 4.26. The second-order valence-corrected chi connectivity index (χ2v) is 8.60. The number of amides is 1. The number of rotatable bonds is 4. The minimum absolute atomic E-state index is 0.0629. The Balaban J connectivity index is 1.18. The van der Waals surface area contributed by atoms with E-state index in [-0.39, 0.29) is 12.5 Å². The van der Waals surface area contributed by atoms with E-state index in [1.54, 1.807) is 0 Å². The van der Waals surface area contributed by atoms with Crippen LogP contribution in [0.2, 0.25) is 0 Å². The van der Waals surface area contributed by atoms with Gasteiger partial charge in [-0.2, -0.15) is 0 Å². The van der Waals surface area contributed by atoms with E-state index in [1.807, 2.05) is 6.07 Å². The molecule has 3 nitrogen and oxygen atoms in total. The van der Waals surface area contributed by atoms with E-state index in [0.717, 1.165) is 35.8 Å². The summed E-state index contributed by atoms with van der Waals surface area (Å²) in [5.41, 5.74) is 2.84. The molecule has 4 bridgehead atoms. The summed E-state index contributed by atoms with van der Waals surface area (Å²) in [5, 5.41) is 3.32. The summed E-state index contributed by atoms with van der Waals surface area (Å²) in [6, 6.07) is 6.71. The molecule has 0 heterocycles. The van der Waals surface area contributed by atoms with Crippen LogP contribution < -0.4 is 10.1 Å². The number of benzene rings is 1. The fourth-order valence-electron chi connectivity index (χ4n) is 6.18. The maximum absolute atomic E-state index is 12.4. The fourth-order valence-corrected chi connectivity index (χ4v) is 6.18. The van der Waals surface area contributed by atoms with E-state index in [0.29, 0.717) is 6.04 Å². The quantitative estimate of drug-likeness (QED) is 0.920. The van der Waals surface area contributed by atoms with Gasteiger partial charge in [0.1, 0.15) is 5.75 Å². The van der Waals surface area contributed by atoms with Gasteiger partial charge in [-0.25, -0.2) is 0 Å². The van der Waals surface area contributed by atoms with Crippen LogP contribution in [0.1, 0.15) is 49.7 Å². The van der Waals surface area contributed by atoms with E-state index in [4.69, 9.17) is 4.74 Å². The molecule has 0 spiro atoms. The van der Waals surface area contributed by atoms with E-state index in [9.17, 15) is 4.79 Å². The number of hydrogen-bond donors (Lipinski definition) is 1. The van der Waals surface area contributed by atoms with Crippen molar-refractivity contribution in [2.45, 2.75) is 57.4 Å². The highest BCUT2D eigenvalue weighted by Crippen LogP contribution is 2.53. The van der Waals surface area contributed by atoms with Crippen molar-refractivity contribution in [2.75, 3.05) is 6.61 Å². The first-order valence-corrected chi connectivity index (χ1v) is 9.78. The molecule has 0 unspecified atom stereocenters. The summed E-state index contributed by atoms with van der Waals surface area (Å²) in [6.45, 7) is 0.154. The molecule has 24 heavy (non-hydrogen) atoms. The Hall–Kier alpha value is -1.51. The van der Waals surface area contributed by atoms with Crippen molar-refractivity contribution in [3.05, 3.63) is 29.3 Å². The van der Waals surface area contributed by atoms with Crippen LogP contribution in [0.15, 0.2) is 18.2 Å². The first-order valence-electron chi connectivity index (χ1n) is 9.78. The average molecular weight is 325 g/mol. The first kappa shape index (κ1) is 14.8. The van der Waals surface area contributed by atoms with E-state index in [1.165, 1.54) is 56.1 Å². The molecular weight excluding hydrogens is 298 g/mol. The number of carbonyl (C=O) groups excluding carboxylic acids is 1. The fraction of sp³-hybridized carbons (Fsp3) is 0.667. The molecule has 0 aromatic heterocycles. The van der Waals surface area contributed by atoms with Gasteiger partial charge in [-0.1, -0.05) is 6.07 Å². The predicted octanol–water partition coefficient (Wildman–Crippen LogP) is 3.50. The summed E-state index contributed by atoms with van der Waals surface area (Å²) in [7, 11) is 0. The third kappa shape index (κ3) is 2.62. The molecule has 1 aromatic carbocycles. The molecule has 128 valence electrons. The topological polar surface area (TPSA) is 38.3 Å². The number of hydrogen-bond acceptors (Lipinski definition) is 2. The summed E-state index contributed by atoms with van der Waals surface area (Å²) in [6.07, 6.45) is 10.4. The highest BCUT2D eigenvalue weighted by molar-refractivity contribution is 5.78. The molecule has 5 aliphatic rings. The van der Waals surface area contributed by atoms with Gasteiger partial charge >= 0.3 is 0 Å². The Morgan fingerprint density at radius 2 is 1.71 bits per heavy atom. The molecule has 3 heteroatoms. The molecule has 5 aliphatic carbocycles. The van der Waals surface area contributed by atoms with E-state index in [2.05, 4.69) is 17.4 Å². The molecule has 0 radical (unpaired) electrons. The molecule has 4 fully saturated rings. The van der Waals surface area contributed by atoms with Crippen LogP contribution in [0, 0.1) is 23.7 Å². The van der Waals surface area contributed by atoms with Crippen LogP contribution in [-0.2, 0) is 17.6 Å². The van der Waals surface area contributed by atoms with Crippen LogP contribution in [0.5, 0.6) is 5.75 Å². The van der Waals surface area contributed by atoms with Gasteiger partial charge in [0.15, 0.2) is 6.61 Å². The lowest BCUT2D eigenvalue weighted by Crippen LogP contribution is -2.56. The maximum atomic E-state index is 12.4. The molecule has 4 saturated carbocycles. The molecule has 0 saturated heterocycles. The zero-order valence-electron chi connectivity index (χ0n) is 14.3. The number of aryl methyl sites for hydroxylation is 2. The third-order valence-corrected chi connectivity index (χ3v) is 6.99. The zero-order valence-corrected chi connectivity index (χ0v) is 14.3. The molecule has 1 aromatic rings.